The molecule has 0 amide bonds. The Kier molecular flexibility index (Phi) is 6.75. The van der Waals surface area contributed by atoms with Gasteiger partial charge in [-0.3, -0.25) is 4.79 Å². The van der Waals surface area contributed by atoms with E-state index in [1.807, 2.05) is 91.0 Å². The minimum atomic E-state index is -0.251. The normalized spacial score (nSPS) is 11.3. The molecule has 0 aliphatic rings. The summed E-state index contributed by atoms with van der Waals surface area (Å²) in [6, 6.07) is 29.9. The average molecular weight is 545 g/mol. The fourth-order valence-electron chi connectivity index (χ4n) is 3.65. The van der Waals surface area contributed by atoms with Crippen molar-refractivity contribution in [3.8, 4) is 17.1 Å². The van der Waals surface area contributed by atoms with Crippen LogP contribution >= 0.6 is 27.5 Å². The van der Waals surface area contributed by atoms with Crippen molar-refractivity contribution in [2.75, 3.05) is 0 Å². The second-order valence-electron chi connectivity index (χ2n) is 7.74. The van der Waals surface area contributed by atoms with Crippen LogP contribution in [0.15, 0.2) is 111 Å². The summed E-state index contributed by atoms with van der Waals surface area (Å²) in [6.45, 7) is 0.300. The molecule has 0 saturated heterocycles. The Bertz CT molecular complexity index is 1600. The van der Waals surface area contributed by atoms with E-state index in [2.05, 4.69) is 21.0 Å². The Morgan fingerprint density at radius 3 is 2.51 bits per heavy atom. The molecular formula is C28H19BrClN3O2. The Balaban J connectivity index is 1.57. The minimum Gasteiger partial charge on any atom is -0.488 e. The van der Waals surface area contributed by atoms with E-state index in [-0.39, 0.29) is 5.56 Å². The van der Waals surface area contributed by atoms with Crippen molar-refractivity contribution < 1.29 is 4.74 Å². The van der Waals surface area contributed by atoms with Gasteiger partial charge in [0.15, 0.2) is 5.82 Å². The predicted molar refractivity (Wildman–Crippen MR) is 144 cm³/mol. The molecule has 0 N–H and O–H groups in total. The van der Waals surface area contributed by atoms with Gasteiger partial charge >= 0.3 is 0 Å². The molecule has 7 heteroatoms. The first-order valence-electron chi connectivity index (χ1n) is 10.9. The monoisotopic (exact) mass is 543 g/mol. The van der Waals surface area contributed by atoms with Gasteiger partial charge in [-0.25, -0.2) is 4.98 Å². The Morgan fingerprint density at radius 1 is 0.943 bits per heavy atom. The highest BCUT2D eigenvalue weighted by Gasteiger charge is 2.13. The lowest BCUT2D eigenvalue weighted by Crippen LogP contribution is -2.20. The summed E-state index contributed by atoms with van der Waals surface area (Å²) in [5.41, 5.74) is 2.73. The maximum atomic E-state index is 13.4. The summed E-state index contributed by atoms with van der Waals surface area (Å²) >= 11 is 9.79. The van der Waals surface area contributed by atoms with Crippen molar-refractivity contribution >= 4 is 44.6 Å². The van der Waals surface area contributed by atoms with E-state index >= 15 is 0 Å². The van der Waals surface area contributed by atoms with Gasteiger partial charge in [0.05, 0.1) is 17.1 Å². The van der Waals surface area contributed by atoms with E-state index in [1.165, 1.54) is 4.68 Å². The summed E-state index contributed by atoms with van der Waals surface area (Å²) in [5, 5.41) is 5.70. The highest BCUT2D eigenvalue weighted by Crippen LogP contribution is 2.25. The van der Waals surface area contributed by atoms with Gasteiger partial charge in [0.2, 0.25) is 0 Å². The number of ether oxygens (including phenoxy) is 1. The van der Waals surface area contributed by atoms with E-state index in [0.29, 0.717) is 39.7 Å². The van der Waals surface area contributed by atoms with E-state index in [1.54, 1.807) is 12.3 Å². The van der Waals surface area contributed by atoms with Gasteiger partial charge in [-0.05, 0) is 36.4 Å². The Labute approximate surface area is 215 Å². The molecule has 0 spiro atoms. The molecule has 172 valence electrons. The molecule has 35 heavy (non-hydrogen) atoms. The Morgan fingerprint density at radius 2 is 1.69 bits per heavy atom. The molecule has 5 rings (SSSR count). The molecule has 0 aliphatic carbocycles. The van der Waals surface area contributed by atoms with Crippen LogP contribution in [-0.4, -0.2) is 15.9 Å². The fourth-order valence-corrected chi connectivity index (χ4v) is 4.22. The van der Waals surface area contributed by atoms with Gasteiger partial charge < -0.3 is 4.74 Å². The first kappa shape index (κ1) is 23.0. The van der Waals surface area contributed by atoms with Crippen molar-refractivity contribution in [1.82, 2.24) is 9.66 Å². The van der Waals surface area contributed by atoms with Crippen molar-refractivity contribution in [1.29, 1.82) is 0 Å². The molecule has 5 nitrogen and oxygen atoms in total. The zero-order valence-electron chi connectivity index (χ0n) is 18.4. The quantitative estimate of drug-likeness (QED) is 0.218. The summed E-state index contributed by atoms with van der Waals surface area (Å²) in [6.07, 6.45) is 1.61. The smallest absolute Gasteiger partial charge is 0.282 e. The van der Waals surface area contributed by atoms with Crippen molar-refractivity contribution in [3.63, 3.8) is 0 Å². The maximum Gasteiger partial charge on any atom is 0.282 e. The second-order valence-corrected chi connectivity index (χ2v) is 9.07. The van der Waals surface area contributed by atoms with Crippen LogP contribution in [0.2, 0.25) is 5.02 Å². The third kappa shape index (κ3) is 5.04. The zero-order chi connectivity index (χ0) is 24.2. The molecule has 0 atom stereocenters. The number of halogens is 2. The molecule has 4 aromatic carbocycles. The number of hydrogen-bond donors (Lipinski definition) is 0. The summed E-state index contributed by atoms with van der Waals surface area (Å²) in [4.78, 5) is 18.1. The highest BCUT2D eigenvalue weighted by molar-refractivity contribution is 9.10. The maximum absolute atomic E-state index is 13.4. The molecule has 0 bridgehead atoms. The lowest BCUT2D eigenvalue weighted by molar-refractivity contribution is 0.306. The standard InChI is InChI=1S/C28H19BrClN3O2/c29-22-14-15-26(35-18-20-10-4-6-12-24(20)30)21(16-22)17-31-33-27(19-8-2-1-3-9-19)32-25-13-7-5-11-23(25)28(33)34/h1-17H,18H2. The van der Waals surface area contributed by atoms with E-state index in [0.717, 1.165) is 15.6 Å². The van der Waals surface area contributed by atoms with Gasteiger partial charge in [0.1, 0.15) is 12.4 Å². The topological polar surface area (TPSA) is 56.5 Å². The number of hydrogen-bond acceptors (Lipinski definition) is 4. The second kappa shape index (κ2) is 10.3. The molecule has 0 unspecified atom stereocenters. The van der Waals surface area contributed by atoms with Gasteiger partial charge in [-0.15, -0.1) is 0 Å². The van der Waals surface area contributed by atoms with E-state index in [9.17, 15) is 4.79 Å². The van der Waals surface area contributed by atoms with Crippen LogP contribution in [0.3, 0.4) is 0 Å². The van der Waals surface area contributed by atoms with Crippen LogP contribution in [0.1, 0.15) is 11.1 Å². The van der Waals surface area contributed by atoms with Gasteiger partial charge in [-0.2, -0.15) is 9.78 Å². The summed E-state index contributed by atoms with van der Waals surface area (Å²) in [7, 11) is 0. The minimum absolute atomic E-state index is 0.251. The molecule has 1 heterocycles. The lowest BCUT2D eigenvalue weighted by Gasteiger charge is -2.12. The van der Waals surface area contributed by atoms with Crippen molar-refractivity contribution in [3.05, 3.63) is 128 Å². The molecule has 0 radical (unpaired) electrons. The number of fused-ring (bicyclic) bond motifs is 1. The van der Waals surface area contributed by atoms with Crippen molar-refractivity contribution in [2.45, 2.75) is 6.61 Å². The van der Waals surface area contributed by atoms with Gasteiger partial charge in [0, 0.05) is 26.2 Å². The predicted octanol–water partition coefficient (Wildman–Crippen LogP) is 6.94. The SMILES string of the molecule is O=c1c2ccccc2nc(-c2ccccc2)n1N=Cc1cc(Br)ccc1OCc1ccccc1Cl. The first-order valence-corrected chi connectivity index (χ1v) is 12.0. The molecule has 0 saturated carbocycles. The number of nitrogens with zero attached hydrogens (tertiary/aromatic N) is 3. The third-order valence-electron chi connectivity index (χ3n) is 5.41. The number of rotatable bonds is 6. The molecule has 0 fully saturated rings. The number of aromatic nitrogens is 2. The molecule has 1 aromatic heterocycles. The van der Waals surface area contributed by atoms with Gasteiger partial charge in [0.25, 0.3) is 5.56 Å². The van der Waals surface area contributed by atoms with Gasteiger partial charge in [-0.1, -0.05) is 88.2 Å². The largest absolute Gasteiger partial charge is 0.488 e. The lowest BCUT2D eigenvalue weighted by atomic mass is 10.2. The zero-order valence-corrected chi connectivity index (χ0v) is 20.8. The highest BCUT2D eigenvalue weighted by atomic mass is 79.9. The van der Waals surface area contributed by atoms with Crippen LogP contribution in [0, 0.1) is 0 Å². The molecule has 5 aromatic rings. The number of benzene rings is 4. The third-order valence-corrected chi connectivity index (χ3v) is 6.27. The summed E-state index contributed by atoms with van der Waals surface area (Å²) in [5.74, 6) is 1.07. The van der Waals surface area contributed by atoms with E-state index < -0.39 is 0 Å². The molecular weight excluding hydrogens is 526 g/mol. The molecule has 0 aliphatic heterocycles. The van der Waals surface area contributed by atoms with Crippen LogP contribution in [0.5, 0.6) is 5.75 Å². The van der Waals surface area contributed by atoms with Crippen LogP contribution in [0.25, 0.3) is 22.3 Å². The van der Waals surface area contributed by atoms with Crippen molar-refractivity contribution in [2.24, 2.45) is 5.10 Å². The van der Waals surface area contributed by atoms with Crippen LogP contribution in [0.4, 0.5) is 0 Å². The Hall–Kier alpha value is -3.74. The fraction of sp³-hybridized carbons (Fsp3) is 0.0357. The first-order chi connectivity index (χ1) is 17.1. The van der Waals surface area contributed by atoms with Crippen LogP contribution in [-0.2, 0) is 6.61 Å². The summed E-state index contributed by atoms with van der Waals surface area (Å²) < 4.78 is 8.25. The van der Waals surface area contributed by atoms with Crippen LogP contribution < -0.4 is 10.3 Å². The van der Waals surface area contributed by atoms with E-state index in [4.69, 9.17) is 21.3 Å². The average Bonchev–Trinajstić information content (AvgIpc) is 2.89. The number of para-hydroxylation sites is 1.